The number of hydrogen-bond donors (Lipinski definition) is 0. The summed E-state index contributed by atoms with van der Waals surface area (Å²) in [6, 6.07) is 10.5. The van der Waals surface area contributed by atoms with E-state index in [4.69, 9.17) is 0 Å². The Balaban J connectivity index is 1.65. The maximum absolute atomic E-state index is 15.1. The number of imide groups is 1. The van der Waals surface area contributed by atoms with Crippen LogP contribution in [0.15, 0.2) is 66.4 Å². The van der Waals surface area contributed by atoms with Crippen molar-refractivity contribution in [1.29, 1.82) is 0 Å². The Labute approximate surface area is 204 Å². The molecule has 0 bridgehead atoms. The topological polar surface area (TPSA) is 43.9 Å². The van der Waals surface area contributed by atoms with Crippen LogP contribution in [0.3, 0.4) is 0 Å². The van der Waals surface area contributed by atoms with Gasteiger partial charge in [0.25, 0.3) is 0 Å². The van der Waals surface area contributed by atoms with Crippen LogP contribution in [0.4, 0.5) is 19.3 Å². The molecule has 2 aliphatic rings. The van der Waals surface area contributed by atoms with Crippen molar-refractivity contribution in [3.05, 3.63) is 89.2 Å². The van der Waals surface area contributed by atoms with E-state index in [-0.39, 0.29) is 18.0 Å². The lowest BCUT2D eigenvalue weighted by atomic mass is 9.83. The molecule has 35 heavy (non-hydrogen) atoms. The molecule has 2 heterocycles. The first-order valence-electron chi connectivity index (χ1n) is 11.4. The summed E-state index contributed by atoms with van der Waals surface area (Å²) >= 11 is 0. The lowest BCUT2D eigenvalue weighted by molar-refractivity contribution is -0.121. The van der Waals surface area contributed by atoms with Crippen LogP contribution in [0.2, 0.25) is 0 Å². The minimum atomic E-state index is -1.02. The molecule has 0 saturated carbocycles. The van der Waals surface area contributed by atoms with E-state index in [0.717, 1.165) is 24.3 Å². The maximum atomic E-state index is 15.1. The summed E-state index contributed by atoms with van der Waals surface area (Å²) in [5.41, 5.74) is -0.0522. The number of hydrogen-bond acceptors (Lipinski definition) is 3. The first kappa shape index (κ1) is 24.2. The number of halogens is 2. The molecule has 2 aliphatic heterocycles. The molecule has 0 spiro atoms. The van der Waals surface area contributed by atoms with Crippen LogP contribution in [0.25, 0.3) is 0 Å². The smallest absolute Gasteiger partial charge is 0.332 e. The van der Waals surface area contributed by atoms with Crippen molar-refractivity contribution in [2.24, 2.45) is 0 Å². The van der Waals surface area contributed by atoms with E-state index in [1.54, 1.807) is 26.1 Å². The van der Waals surface area contributed by atoms with Crippen LogP contribution in [0.5, 0.6) is 0 Å². The van der Waals surface area contributed by atoms with Gasteiger partial charge in [0, 0.05) is 37.0 Å². The van der Waals surface area contributed by atoms with Crippen LogP contribution in [0.1, 0.15) is 38.3 Å². The van der Waals surface area contributed by atoms with E-state index in [2.05, 4.69) is 30.6 Å². The molecule has 0 aromatic heterocycles. The van der Waals surface area contributed by atoms with Gasteiger partial charge < -0.3 is 9.80 Å². The Kier molecular flexibility index (Phi) is 6.49. The first-order valence-corrected chi connectivity index (χ1v) is 11.4. The maximum Gasteiger partial charge on any atom is 0.332 e. The van der Waals surface area contributed by atoms with E-state index in [0.29, 0.717) is 10.5 Å². The van der Waals surface area contributed by atoms with Crippen LogP contribution >= 0.6 is 0 Å². The van der Waals surface area contributed by atoms with Gasteiger partial charge >= 0.3 is 6.03 Å². The van der Waals surface area contributed by atoms with Crippen molar-refractivity contribution in [2.45, 2.75) is 38.8 Å². The van der Waals surface area contributed by atoms with Gasteiger partial charge in [0.15, 0.2) is 11.6 Å². The standard InChI is InChI=1S/C28H27F2N3O2/c1-19(2)32-14-8-11-22(18-32)28(3)17-25(34)33(27(35)31(28)4)26-23(29)15-21(16-24(26)30)13-12-20-9-6-5-7-10-20/h5-11,15-16,18-19H,14,17H2,1-4H3. The number of rotatable bonds is 3. The van der Waals surface area contributed by atoms with Gasteiger partial charge in [0.1, 0.15) is 5.69 Å². The molecule has 7 heteroatoms. The fourth-order valence-electron chi connectivity index (χ4n) is 4.25. The van der Waals surface area contributed by atoms with Crippen LogP contribution in [-0.4, -0.2) is 46.9 Å². The summed E-state index contributed by atoms with van der Waals surface area (Å²) in [4.78, 5) is 30.6. The monoisotopic (exact) mass is 475 g/mol. The number of benzene rings is 2. The highest BCUT2D eigenvalue weighted by atomic mass is 19.1. The number of urea groups is 1. The quantitative estimate of drug-likeness (QED) is 0.582. The highest BCUT2D eigenvalue weighted by Gasteiger charge is 2.48. The minimum Gasteiger partial charge on any atom is -0.371 e. The van der Waals surface area contributed by atoms with Crippen molar-refractivity contribution in [2.75, 3.05) is 18.5 Å². The number of anilines is 1. The summed E-state index contributed by atoms with van der Waals surface area (Å²) in [6.45, 7) is 6.62. The van der Waals surface area contributed by atoms with Gasteiger partial charge in [-0.1, -0.05) is 42.2 Å². The van der Waals surface area contributed by atoms with Crippen LogP contribution in [-0.2, 0) is 4.79 Å². The van der Waals surface area contributed by atoms with Gasteiger partial charge in [-0.15, -0.1) is 0 Å². The van der Waals surface area contributed by atoms with Crippen molar-refractivity contribution >= 4 is 17.6 Å². The van der Waals surface area contributed by atoms with Gasteiger partial charge in [0.2, 0.25) is 5.91 Å². The zero-order valence-corrected chi connectivity index (χ0v) is 20.2. The average molecular weight is 476 g/mol. The Bertz CT molecular complexity index is 1270. The van der Waals surface area contributed by atoms with E-state index >= 15 is 8.78 Å². The van der Waals surface area contributed by atoms with E-state index < -0.39 is 34.8 Å². The van der Waals surface area contributed by atoms with Crippen LogP contribution in [0, 0.1) is 23.5 Å². The predicted molar refractivity (Wildman–Crippen MR) is 132 cm³/mol. The number of amides is 3. The Morgan fingerprint density at radius 1 is 1.00 bits per heavy atom. The van der Waals surface area contributed by atoms with Gasteiger partial charge in [-0.25, -0.2) is 18.5 Å². The van der Waals surface area contributed by atoms with Gasteiger partial charge in [-0.05, 0) is 50.6 Å². The fourth-order valence-corrected chi connectivity index (χ4v) is 4.25. The van der Waals surface area contributed by atoms with Crippen LogP contribution < -0.4 is 4.90 Å². The first-order chi connectivity index (χ1) is 16.6. The van der Waals surface area contributed by atoms with Gasteiger partial charge in [-0.2, -0.15) is 0 Å². The molecule has 5 nitrogen and oxygen atoms in total. The van der Waals surface area contributed by atoms with Crippen molar-refractivity contribution in [3.63, 3.8) is 0 Å². The molecule has 180 valence electrons. The largest absolute Gasteiger partial charge is 0.371 e. The van der Waals surface area contributed by atoms with Crippen molar-refractivity contribution in [3.8, 4) is 11.8 Å². The lowest BCUT2D eigenvalue weighted by Crippen LogP contribution is -2.62. The average Bonchev–Trinajstić information content (AvgIpc) is 2.83. The molecule has 1 saturated heterocycles. The van der Waals surface area contributed by atoms with Gasteiger partial charge in [0.05, 0.1) is 12.0 Å². The fraction of sp³-hybridized carbons (Fsp3) is 0.286. The molecule has 4 rings (SSSR count). The lowest BCUT2D eigenvalue weighted by Gasteiger charge is -2.47. The normalized spacial score (nSPS) is 20.2. The second-order valence-electron chi connectivity index (χ2n) is 9.20. The molecule has 2 aromatic rings. The van der Waals surface area contributed by atoms with E-state index in [1.807, 2.05) is 36.6 Å². The molecule has 2 aromatic carbocycles. The molecule has 0 aliphatic carbocycles. The summed E-state index contributed by atoms with van der Waals surface area (Å²) in [7, 11) is 1.54. The van der Waals surface area contributed by atoms with Crippen molar-refractivity contribution < 1.29 is 18.4 Å². The second-order valence-corrected chi connectivity index (χ2v) is 9.20. The Hall–Kier alpha value is -3.92. The van der Waals surface area contributed by atoms with Crippen molar-refractivity contribution in [1.82, 2.24) is 9.80 Å². The molecule has 3 amide bonds. The predicted octanol–water partition coefficient (Wildman–Crippen LogP) is 5.08. The molecule has 0 N–H and O–H groups in total. The number of nitrogens with zero attached hydrogens (tertiary/aromatic N) is 3. The second kappa shape index (κ2) is 9.38. The zero-order valence-electron chi connectivity index (χ0n) is 20.2. The summed E-state index contributed by atoms with van der Waals surface area (Å²) in [6.07, 6.45) is 5.70. The van der Waals surface area contributed by atoms with Gasteiger partial charge in [-0.3, -0.25) is 4.79 Å². The highest BCUT2D eigenvalue weighted by Crippen LogP contribution is 2.38. The minimum absolute atomic E-state index is 0.106. The third kappa shape index (κ3) is 4.57. The third-order valence-corrected chi connectivity index (χ3v) is 6.53. The number of likely N-dealkylation sites (N-methyl/N-ethyl adjacent to an activating group) is 1. The molecular weight excluding hydrogens is 448 g/mol. The molecule has 1 atom stereocenters. The highest BCUT2D eigenvalue weighted by molar-refractivity contribution is 6.17. The summed E-state index contributed by atoms with van der Waals surface area (Å²) in [5, 5.41) is 0. The SMILES string of the molecule is CC(C)N1C=C(C2(C)CC(=O)N(c3c(F)cc(C#Cc4ccccc4)cc3F)C(=O)N2C)C=CC1. The Morgan fingerprint density at radius 3 is 2.26 bits per heavy atom. The molecule has 1 fully saturated rings. The van der Waals surface area contributed by atoms with E-state index in [9.17, 15) is 9.59 Å². The Morgan fingerprint density at radius 2 is 1.63 bits per heavy atom. The van der Waals surface area contributed by atoms with E-state index in [1.165, 1.54) is 4.90 Å². The molecule has 1 unspecified atom stereocenters. The number of carbonyl (C=O) groups excluding carboxylic acids is 2. The molecule has 0 radical (unpaired) electrons. The summed E-state index contributed by atoms with van der Waals surface area (Å²) < 4.78 is 30.2. The summed E-state index contributed by atoms with van der Waals surface area (Å²) in [5.74, 6) is 2.84. The molecular formula is C28H27F2N3O2. The zero-order chi connectivity index (χ0) is 25.3. The third-order valence-electron chi connectivity index (χ3n) is 6.53. The number of carbonyl (C=O) groups is 2.